The Kier molecular flexibility index (Phi) is 7.21. The summed E-state index contributed by atoms with van der Waals surface area (Å²) in [4.78, 5) is 33.4. The molecule has 0 fully saturated rings. The van der Waals surface area contributed by atoms with Gasteiger partial charge in [-0.05, 0) is 37.6 Å². The minimum Gasteiger partial charge on any atom is -0.493 e. The SMILES string of the molecule is COc1cc(/C=N\NC(=O)C(=O)NC(C)C)ccc1OCC(=O)O. The number of carboxylic acids is 1. The number of nitrogens with one attached hydrogen (secondary N) is 2. The highest BCUT2D eigenvalue weighted by Crippen LogP contribution is 2.27. The molecule has 0 bridgehead atoms. The van der Waals surface area contributed by atoms with Gasteiger partial charge in [0, 0.05) is 6.04 Å². The molecule has 1 rings (SSSR count). The van der Waals surface area contributed by atoms with E-state index in [9.17, 15) is 14.4 Å². The Balaban J connectivity index is 2.69. The molecule has 0 heterocycles. The molecule has 1 aromatic rings. The van der Waals surface area contributed by atoms with E-state index in [-0.39, 0.29) is 11.8 Å². The lowest BCUT2D eigenvalue weighted by Crippen LogP contribution is -2.41. The summed E-state index contributed by atoms with van der Waals surface area (Å²) in [6.07, 6.45) is 1.31. The van der Waals surface area contributed by atoms with Crippen LogP contribution in [0, 0.1) is 0 Å². The molecule has 0 radical (unpaired) electrons. The number of carboxylic acid groups (broad SMARTS) is 1. The molecule has 24 heavy (non-hydrogen) atoms. The molecule has 1 aromatic carbocycles. The summed E-state index contributed by atoms with van der Waals surface area (Å²) in [5, 5.41) is 14.7. The highest BCUT2D eigenvalue weighted by molar-refractivity contribution is 6.35. The first-order chi connectivity index (χ1) is 11.3. The zero-order chi connectivity index (χ0) is 18.1. The Morgan fingerprint density at radius 1 is 1.25 bits per heavy atom. The van der Waals surface area contributed by atoms with Crippen LogP contribution in [0.2, 0.25) is 0 Å². The van der Waals surface area contributed by atoms with Gasteiger partial charge in [-0.3, -0.25) is 9.59 Å². The quantitative estimate of drug-likeness (QED) is 0.369. The predicted molar refractivity (Wildman–Crippen MR) is 85.1 cm³/mol. The van der Waals surface area contributed by atoms with Crippen LogP contribution in [0.15, 0.2) is 23.3 Å². The summed E-state index contributed by atoms with van der Waals surface area (Å²) in [5.41, 5.74) is 2.65. The van der Waals surface area contributed by atoms with Gasteiger partial charge in [-0.25, -0.2) is 10.2 Å². The van der Waals surface area contributed by atoms with Crippen molar-refractivity contribution in [2.75, 3.05) is 13.7 Å². The average molecular weight is 337 g/mol. The Morgan fingerprint density at radius 3 is 2.54 bits per heavy atom. The summed E-state index contributed by atoms with van der Waals surface area (Å²) in [7, 11) is 1.40. The molecule has 9 heteroatoms. The number of nitrogens with zero attached hydrogens (tertiary/aromatic N) is 1. The summed E-state index contributed by atoms with van der Waals surface area (Å²) in [6, 6.07) is 4.48. The van der Waals surface area contributed by atoms with Crippen molar-refractivity contribution in [2.24, 2.45) is 5.10 Å². The van der Waals surface area contributed by atoms with Gasteiger partial charge in [-0.15, -0.1) is 0 Å². The van der Waals surface area contributed by atoms with Crippen molar-refractivity contribution in [2.45, 2.75) is 19.9 Å². The number of carbonyl (C=O) groups excluding carboxylic acids is 2. The normalized spacial score (nSPS) is 10.5. The highest BCUT2D eigenvalue weighted by atomic mass is 16.5. The molecule has 0 saturated heterocycles. The van der Waals surface area contributed by atoms with Crippen LogP contribution >= 0.6 is 0 Å². The van der Waals surface area contributed by atoms with Gasteiger partial charge in [-0.2, -0.15) is 5.10 Å². The number of benzene rings is 1. The number of hydrazone groups is 1. The Hall–Kier alpha value is -3.10. The van der Waals surface area contributed by atoms with Gasteiger partial charge < -0.3 is 19.9 Å². The van der Waals surface area contributed by atoms with E-state index in [1.807, 2.05) is 0 Å². The Bertz CT molecular complexity index is 642. The Labute approximate surface area is 138 Å². The third kappa shape index (κ3) is 6.34. The van der Waals surface area contributed by atoms with E-state index in [0.29, 0.717) is 11.3 Å². The van der Waals surface area contributed by atoms with E-state index in [2.05, 4.69) is 15.8 Å². The summed E-state index contributed by atoms with van der Waals surface area (Å²) in [5.74, 6) is -2.20. The van der Waals surface area contributed by atoms with Gasteiger partial charge in [0.25, 0.3) is 0 Å². The van der Waals surface area contributed by atoms with E-state index < -0.39 is 24.4 Å². The standard InChI is InChI=1S/C15H19N3O6/c1-9(2)17-14(21)15(22)18-16-7-10-4-5-11(12(6-10)23-3)24-8-13(19)20/h4-7,9H,8H2,1-3H3,(H,17,21)(H,18,22)(H,19,20)/b16-7-. The van der Waals surface area contributed by atoms with Gasteiger partial charge in [-0.1, -0.05) is 0 Å². The fourth-order valence-corrected chi connectivity index (χ4v) is 1.57. The molecule has 0 unspecified atom stereocenters. The van der Waals surface area contributed by atoms with Crippen LogP contribution < -0.4 is 20.2 Å². The zero-order valence-electron chi connectivity index (χ0n) is 13.5. The number of hydrogen-bond acceptors (Lipinski definition) is 6. The van der Waals surface area contributed by atoms with E-state index in [1.165, 1.54) is 19.4 Å². The largest absolute Gasteiger partial charge is 0.493 e. The number of aliphatic carboxylic acids is 1. The monoisotopic (exact) mass is 337 g/mol. The number of rotatable bonds is 7. The minimum atomic E-state index is -1.11. The number of amides is 2. The van der Waals surface area contributed by atoms with E-state index in [4.69, 9.17) is 14.6 Å². The van der Waals surface area contributed by atoms with Gasteiger partial charge in [0.1, 0.15) is 0 Å². The fourth-order valence-electron chi connectivity index (χ4n) is 1.57. The van der Waals surface area contributed by atoms with Crippen molar-refractivity contribution in [1.82, 2.24) is 10.7 Å². The van der Waals surface area contributed by atoms with Crippen LogP contribution in [0.3, 0.4) is 0 Å². The molecule has 0 atom stereocenters. The minimum absolute atomic E-state index is 0.158. The molecular weight excluding hydrogens is 318 g/mol. The van der Waals surface area contributed by atoms with E-state index in [0.717, 1.165) is 0 Å². The van der Waals surface area contributed by atoms with Gasteiger partial charge >= 0.3 is 17.8 Å². The van der Waals surface area contributed by atoms with Crippen molar-refractivity contribution in [1.29, 1.82) is 0 Å². The van der Waals surface area contributed by atoms with E-state index in [1.54, 1.807) is 26.0 Å². The van der Waals surface area contributed by atoms with Gasteiger partial charge in [0.05, 0.1) is 13.3 Å². The second kappa shape index (κ2) is 9.13. The summed E-state index contributed by atoms with van der Waals surface area (Å²) < 4.78 is 10.2. The van der Waals surface area contributed by atoms with Crippen LogP contribution in [0.5, 0.6) is 11.5 Å². The second-order valence-corrected chi connectivity index (χ2v) is 4.92. The van der Waals surface area contributed by atoms with E-state index >= 15 is 0 Å². The molecule has 130 valence electrons. The molecule has 0 aromatic heterocycles. The molecule has 2 amide bonds. The molecule has 0 aliphatic heterocycles. The predicted octanol–water partition coefficient (Wildman–Crippen LogP) is 0.133. The lowest BCUT2D eigenvalue weighted by atomic mass is 10.2. The molecule has 3 N–H and O–H groups in total. The molecule has 0 aliphatic carbocycles. The van der Waals surface area contributed by atoms with Crippen LogP contribution in [-0.4, -0.2) is 48.9 Å². The lowest BCUT2D eigenvalue weighted by molar-refractivity contribution is -0.139. The maximum atomic E-state index is 11.5. The third-order valence-electron chi connectivity index (χ3n) is 2.54. The van der Waals surface area contributed by atoms with Crippen molar-refractivity contribution in [3.63, 3.8) is 0 Å². The number of hydrogen-bond donors (Lipinski definition) is 3. The first-order valence-electron chi connectivity index (χ1n) is 7.00. The van der Waals surface area contributed by atoms with Crippen molar-refractivity contribution >= 4 is 24.0 Å². The average Bonchev–Trinajstić information content (AvgIpc) is 2.52. The van der Waals surface area contributed by atoms with Gasteiger partial charge in [0.2, 0.25) is 0 Å². The fraction of sp³-hybridized carbons (Fsp3) is 0.333. The molecule has 9 nitrogen and oxygen atoms in total. The number of methoxy groups -OCH3 is 1. The first kappa shape index (κ1) is 18.9. The van der Waals surface area contributed by atoms with Crippen molar-refractivity contribution in [3.8, 4) is 11.5 Å². The van der Waals surface area contributed by atoms with Crippen LogP contribution in [0.4, 0.5) is 0 Å². The topological polar surface area (TPSA) is 126 Å². The molecular formula is C15H19N3O6. The summed E-state index contributed by atoms with van der Waals surface area (Å²) in [6.45, 7) is 2.97. The maximum absolute atomic E-state index is 11.5. The van der Waals surface area contributed by atoms with Crippen LogP contribution in [-0.2, 0) is 14.4 Å². The first-order valence-corrected chi connectivity index (χ1v) is 7.00. The molecule has 0 aliphatic rings. The molecule has 0 spiro atoms. The lowest BCUT2D eigenvalue weighted by Gasteiger charge is -2.09. The highest BCUT2D eigenvalue weighted by Gasteiger charge is 2.13. The van der Waals surface area contributed by atoms with Crippen molar-refractivity contribution < 1.29 is 29.0 Å². The number of ether oxygens (including phenoxy) is 2. The summed E-state index contributed by atoms with van der Waals surface area (Å²) >= 11 is 0. The Morgan fingerprint density at radius 2 is 1.96 bits per heavy atom. The van der Waals surface area contributed by atoms with Crippen LogP contribution in [0.1, 0.15) is 19.4 Å². The third-order valence-corrected chi connectivity index (χ3v) is 2.54. The van der Waals surface area contributed by atoms with Crippen molar-refractivity contribution in [3.05, 3.63) is 23.8 Å². The zero-order valence-corrected chi connectivity index (χ0v) is 13.5. The molecule has 0 saturated carbocycles. The van der Waals surface area contributed by atoms with Gasteiger partial charge in [0.15, 0.2) is 18.1 Å². The second-order valence-electron chi connectivity index (χ2n) is 4.92. The van der Waals surface area contributed by atoms with Crippen LogP contribution in [0.25, 0.3) is 0 Å². The smallest absolute Gasteiger partial charge is 0.341 e. The number of carbonyl (C=O) groups is 3. The maximum Gasteiger partial charge on any atom is 0.341 e.